The van der Waals surface area contributed by atoms with E-state index in [4.69, 9.17) is 5.73 Å². The van der Waals surface area contributed by atoms with Crippen LogP contribution >= 0.6 is 0 Å². The van der Waals surface area contributed by atoms with E-state index in [-0.39, 0.29) is 5.91 Å². The molecule has 0 saturated heterocycles. The molecule has 0 bridgehead atoms. The predicted molar refractivity (Wildman–Crippen MR) is 122 cm³/mol. The minimum atomic E-state index is -0.212. The Labute approximate surface area is 169 Å². The van der Waals surface area contributed by atoms with E-state index in [1.165, 1.54) is 25.7 Å². The average molecular weight is 377 g/mol. The Balaban J connectivity index is 0. The Bertz CT molecular complexity index is 420. The maximum Gasteiger partial charge on any atom is 0.217 e. The number of primary amides is 1. The van der Waals surface area contributed by atoms with Crippen LogP contribution in [0.25, 0.3) is 0 Å². The summed E-state index contributed by atoms with van der Waals surface area (Å²) in [4.78, 5) is 12.7. The molecule has 27 heavy (non-hydrogen) atoms. The quantitative estimate of drug-likeness (QED) is 0.274. The summed E-state index contributed by atoms with van der Waals surface area (Å²) in [5, 5.41) is 0. The SMILES string of the molecule is CCCCCC=CCC=CCC=CCC=CCCCC(N)=O.CCN(C)C. The molecule has 0 aromatic heterocycles. The number of hydrogen-bond donors (Lipinski definition) is 1. The van der Waals surface area contributed by atoms with Crippen molar-refractivity contribution in [2.24, 2.45) is 5.73 Å². The highest BCUT2D eigenvalue weighted by atomic mass is 16.1. The topological polar surface area (TPSA) is 46.3 Å². The van der Waals surface area contributed by atoms with Crippen molar-refractivity contribution in [3.05, 3.63) is 48.6 Å². The van der Waals surface area contributed by atoms with Gasteiger partial charge in [0.15, 0.2) is 0 Å². The molecule has 0 rings (SSSR count). The Morgan fingerprint density at radius 1 is 0.741 bits per heavy atom. The van der Waals surface area contributed by atoms with E-state index in [9.17, 15) is 4.79 Å². The molecule has 0 radical (unpaired) electrons. The lowest BCUT2D eigenvalue weighted by Gasteiger charge is -2.00. The molecule has 0 aliphatic rings. The molecule has 0 atom stereocenters. The van der Waals surface area contributed by atoms with E-state index in [0.29, 0.717) is 6.42 Å². The monoisotopic (exact) mass is 376 g/mol. The summed E-state index contributed by atoms with van der Waals surface area (Å²) >= 11 is 0. The van der Waals surface area contributed by atoms with Gasteiger partial charge in [-0.05, 0) is 65.6 Å². The molecule has 0 fully saturated rings. The smallest absolute Gasteiger partial charge is 0.217 e. The highest BCUT2D eigenvalue weighted by molar-refractivity contribution is 5.73. The number of carbonyl (C=O) groups is 1. The highest BCUT2D eigenvalue weighted by Crippen LogP contribution is 2.01. The van der Waals surface area contributed by atoms with Crippen LogP contribution in [-0.2, 0) is 4.79 Å². The normalized spacial score (nSPS) is 11.9. The molecule has 0 spiro atoms. The summed E-state index contributed by atoms with van der Waals surface area (Å²) < 4.78 is 0. The lowest BCUT2D eigenvalue weighted by Crippen LogP contribution is -2.09. The summed E-state index contributed by atoms with van der Waals surface area (Å²) in [6, 6.07) is 0. The number of carbonyl (C=O) groups excluding carboxylic acids is 1. The fourth-order valence-electron chi connectivity index (χ4n) is 1.96. The average Bonchev–Trinajstić information content (AvgIpc) is 2.64. The third-order valence-corrected chi connectivity index (χ3v) is 3.88. The van der Waals surface area contributed by atoms with Crippen LogP contribution in [0.1, 0.15) is 78.1 Å². The molecule has 0 aliphatic carbocycles. The zero-order valence-corrected chi connectivity index (χ0v) is 18.3. The molecular formula is C24H44N2O. The van der Waals surface area contributed by atoms with Gasteiger partial charge in [-0.2, -0.15) is 0 Å². The third-order valence-electron chi connectivity index (χ3n) is 3.88. The Morgan fingerprint density at radius 3 is 1.52 bits per heavy atom. The summed E-state index contributed by atoms with van der Waals surface area (Å²) in [6.07, 6.45) is 28.0. The van der Waals surface area contributed by atoms with Gasteiger partial charge in [0, 0.05) is 6.42 Å². The molecule has 0 unspecified atom stereocenters. The lowest BCUT2D eigenvalue weighted by atomic mass is 10.2. The zero-order valence-electron chi connectivity index (χ0n) is 18.3. The second-order valence-corrected chi connectivity index (χ2v) is 6.84. The van der Waals surface area contributed by atoms with Crippen molar-refractivity contribution in [3.8, 4) is 0 Å². The highest BCUT2D eigenvalue weighted by Gasteiger charge is 1.90. The molecule has 3 heteroatoms. The molecule has 1 amide bonds. The summed E-state index contributed by atoms with van der Waals surface area (Å²) in [6.45, 7) is 5.50. The first-order valence-corrected chi connectivity index (χ1v) is 10.6. The Morgan fingerprint density at radius 2 is 1.15 bits per heavy atom. The summed E-state index contributed by atoms with van der Waals surface area (Å²) in [7, 11) is 4.11. The van der Waals surface area contributed by atoms with E-state index in [0.717, 1.165) is 38.6 Å². The van der Waals surface area contributed by atoms with Crippen LogP contribution < -0.4 is 5.73 Å². The zero-order chi connectivity index (χ0) is 20.6. The number of allylic oxidation sites excluding steroid dienone is 8. The largest absolute Gasteiger partial charge is 0.370 e. The van der Waals surface area contributed by atoms with Gasteiger partial charge in [-0.3, -0.25) is 4.79 Å². The van der Waals surface area contributed by atoms with Crippen LogP contribution in [0.15, 0.2) is 48.6 Å². The van der Waals surface area contributed by atoms with Crippen LogP contribution in [0, 0.1) is 0 Å². The van der Waals surface area contributed by atoms with Crippen molar-refractivity contribution in [3.63, 3.8) is 0 Å². The Hall–Kier alpha value is -1.61. The van der Waals surface area contributed by atoms with Crippen LogP contribution in [0.4, 0.5) is 0 Å². The maximum absolute atomic E-state index is 10.5. The fourth-order valence-corrected chi connectivity index (χ4v) is 1.96. The molecule has 0 aromatic rings. The molecule has 0 aliphatic heterocycles. The standard InChI is InChI=1S/C20H33NO.C4H11N/c1-2-3-4-5-6-7-8-9-10-11-12-13-14-15-16-17-18-19-20(21)22;1-4-5(2)3/h6-7,9-10,12-13,15-16H,2-5,8,11,14,17-19H2,1H3,(H2,21,22);4H2,1-3H3. The number of nitrogens with two attached hydrogens (primary N) is 1. The van der Waals surface area contributed by atoms with Crippen molar-refractivity contribution in [1.29, 1.82) is 0 Å². The molecular weight excluding hydrogens is 332 g/mol. The van der Waals surface area contributed by atoms with Crippen molar-refractivity contribution in [2.45, 2.75) is 78.1 Å². The molecule has 3 nitrogen and oxygen atoms in total. The van der Waals surface area contributed by atoms with Gasteiger partial charge in [0.1, 0.15) is 0 Å². The molecule has 0 aromatic carbocycles. The van der Waals surface area contributed by atoms with Gasteiger partial charge >= 0.3 is 0 Å². The van der Waals surface area contributed by atoms with Crippen molar-refractivity contribution < 1.29 is 4.79 Å². The molecule has 0 saturated carbocycles. The maximum atomic E-state index is 10.5. The number of rotatable bonds is 15. The van der Waals surface area contributed by atoms with Crippen LogP contribution in [0.3, 0.4) is 0 Å². The summed E-state index contributed by atoms with van der Waals surface area (Å²) in [5.41, 5.74) is 5.07. The van der Waals surface area contributed by atoms with Gasteiger partial charge in [-0.15, -0.1) is 0 Å². The van der Waals surface area contributed by atoms with Gasteiger partial charge in [0.2, 0.25) is 5.91 Å². The number of hydrogen-bond acceptors (Lipinski definition) is 2. The van der Waals surface area contributed by atoms with Gasteiger partial charge in [-0.25, -0.2) is 0 Å². The number of unbranched alkanes of at least 4 members (excludes halogenated alkanes) is 4. The van der Waals surface area contributed by atoms with E-state index in [1.54, 1.807) is 0 Å². The molecule has 0 heterocycles. The Kier molecular flexibility index (Phi) is 24.9. The second-order valence-electron chi connectivity index (χ2n) is 6.84. The predicted octanol–water partition coefficient (Wildman–Crippen LogP) is 6.19. The van der Waals surface area contributed by atoms with Crippen LogP contribution in [0.2, 0.25) is 0 Å². The molecule has 156 valence electrons. The van der Waals surface area contributed by atoms with Gasteiger partial charge in [-0.1, -0.05) is 75.3 Å². The van der Waals surface area contributed by atoms with E-state index in [1.807, 2.05) is 0 Å². The van der Waals surface area contributed by atoms with Gasteiger partial charge < -0.3 is 10.6 Å². The minimum Gasteiger partial charge on any atom is -0.370 e. The first-order chi connectivity index (χ1) is 13.0. The van der Waals surface area contributed by atoms with Crippen molar-refractivity contribution in [2.75, 3.05) is 20.6 Å². The molecule has 2 N–H and O–H groups in total. The van der Waals surface area contributed by atoms with Crippen molar-refractivity contribution >= 4 is 5.91 Å². The van der Waals surface area contributed by atoms with Gasteiger partial charge in [0.05, 0.1) is 0 Å². The van der Waals surface area contributed by atoms with Crippen molar-refractivity contribution in [1.82, 2.24) is 4.90 Å². The lowest BCUT2D eigenvalue weighted by molar-refractivity contribution is -0.118. The first kappa shape index (κ1) is 27.6. The summed E-state index contributed by atoms with van der Waals surface area (Å²) in [5.74, 6) is -0.212. The number of nitrogens with zero attached hydrogens (tertiary/aromatic N) is 1. The van der Waals surface area contributed by atoms with Crippen LogP contribution in [-0.4, -0.2) is 31.4 Å². The van der Waals surface area contributed by atoms with E-state index >= 15 is 0 Å². The van der Waals surface area contributed by atoms with Crippen LogP contribution in [0.5, 0.6) is 0 Å². The minimum absolute atomic E-state index is 0.212. The first-order valence-electron chi connectivity index (χ1n) is 10.6. The second kappa shape index (κ2) is 24.4. The third kappa shape index (κ3) is 32.5. The van der Waals surface area contributed by atoms with Gasteiger partial charge in [0.25, 0.3) is 0 Å². The fraction of sp³-hybridized carbons (Fsp3) is 0.625. The van der Waals surface area contributed by atoms with E-state index < -0.39 is 0 Å². The van der Waals surface area contributed by atoms with E-state index in [2.05, 4.69) is 81.5 Å². The number of amides is 1.